The molecule has 1 N–H and O–H groups in total. The van der Waals surface area contributed by atoms with Gasteiger partial charge in [0.05, 0.1) is 18.2 Å². The lowest BCUT2D eigenvalue weighted by atomic mass is 10.1. The molecule has 1 aromatic heterocycles. The average Bonchev–Trinajstić information content (AvgIpc) is 2.47. The first-order chi connectivity index (χ1) is 6.19. The summed E-state index contributed by atoms with van der Waals surface area (Å²) in [7, 11) is 0. The maximum atomic E-state index is 8.53. The number of nitrogens with zero attached hydrogens (tertiary/aromatic N) is 2. The second kappa shape index (κ2) is 4.43. The summed E-state index contributed by atoms with van der Waals surface area (Å²) in [6.07, 6.45) is 1.43. The number of H-pyrrole nitrogens is 1. The molecule has 13 heavy (non-hydrogen) atoms. The molecule has 0 spiro atoms. The maximum absolute atomic E-state index is 8.53. The van der Waals surface area contributed by atoms with E-state index in [1.54, 1.807) is 0 Å². The third kappa shape index (κ3) is 2.31. The van der Waals surface area contributed by atoms with Crippen molar-refractivity contribution in [1.82, 2.24) is 9.97 Å². The molecule has 70 valence electrons. The van der Waals surface area contributed by atoms with Crippen LogP contribution in [0.15, 0.2) is 4.60 Å². The lowest BCUT2D eigenvalue weighted by molar-refractivity contribution is 0.687. The van der Waals surface area contributed by atoms with E-state index in [1.165, 1.54) is 0 Å². The van der Waals surface area contributed by atoms with Crippen LogP contribution in [-0.2, 0) is 6.42 Å². The van der Waals surface area contributed by atoms with Gasteiger partial charge in [-0.3, -0.25) is 0 Å². The van der Waals surface area contributed by atoms with Gasteiger partial charge in [-0.25, -0.2) is 4.98 Å². The fourth-order valence-electron chi connectivity index (χ4n) is 1.03. The summed E-state index contributed by atoms with van der Waals surface area (Å²) in [5.41, 5.74) is 0.873. The molecule has 1 aromatic rings. The average molecular weight is 242 g/mol. The van der Waals surface area contributed by atoms with E-state index in [1.807, 2.05) is 0 Å². The summed E-state index contributed by atoms with van der Waals surface area (Å²) < 4.78 is 0.768. The highest BCUT2D eigenvalue weighted by molar-refractivity contribution is 9.10. The second-order valence-corrected chi connectivity index (χ2v) is 3.79. The number of rotatable bonds is 3. The zero-order valence-corrected chi connectivity index (χ0v) is 9.35. The van der Waals surface area contributed by atoms with Crippen LogP contribution in [0, 0.1) is 11.3 Å². The molecule has 1 heterocycles. The van der Waals surface area contributed by atoms with E-state index in [9.17, 15) is 0 Å². The smallest absolute Gasteiger partial charge is 0.128 e. The Morgan fingerprint density at radius 1 is 1.69 bits per heavy atom. The molecule has 0 aromatic carbocycles. The van der Waals surface area contributed by atoms with Gasteiger partial charge >= 0.3 is 0 Å². The Bertz CT molecular complexity index is 324. The summed E-state index contributed by atoms with van der Waals surface area (Å²) in [6, 6.07) is 2.09. The standard InChI is InChI=1S/C9H12BrN3/c1-3-6(2)9-12-7(4-5-11)8(10)13-9/h6H,3-4H2,1-2H3,(H,12,13). The Morgan fingerprint density at radius 2 is 2.38 bits per heavy atom. The van der Waals surface area contributed by atoms with Crippen molar-refractivity contribution < 1.29 is 0 Å². The van der Waals surface area contributed by atoms with E-state index < -0.39 is 0 Å². The molecule has 0 saturated heterocycles. The molecule has 1 rings (SSSR count). The number of halogens is 1. The van der Waals surface area contributed by atoms with Crippen molar-refractivity contribution in [2.24, 2.45) is 0 Å². The van der Waals surface area contributed by atoms with E-state index >= 15 is 0 Å². The lowest BCUT2D eigenvalue weighted by Crippen LogP contribution is -1.94. The largest absolute Gasteiger partial charge is 0.344 e. The Morgan fingerprint density at radius 3 is 2.92 bits per heavy atom. The summed E-state index contributed by atoms with van der Waals surface area (Å²) in [5.74, 6) is 1.38. The van der Waals surface area contributed by atoms with E-state index in [0.29, 0.717) is 12.3 Å². The van der Waals surface area contributed by atoms with Gasteiger partial charge in [0.25, 0.3) is 0 Å². The summed E-state index contributed by atoms with van der Waals surface area (Å²) in [4.78, 5) is 7.46. The van der Waals surface area contributed by atoms with Crippen molar-refractivity contribution in [2.45, 2.75) is 32.6 Å². The van der Waals surface area contributed by atoms with Gasteiger partial charge in [-0.1, -0.05) is 13.8 Å². The van der Waals surface area contributed by atoms with Gasteiger partial charge in [0.1, 0.15) is 10.4 Å². The molecule has 0 amide bonds. The number of hydrogen-bond donors (Lipinski definition) is 1. The van der Waals surface area contributed by atoms with Gasteiger partial charge in [-0.2, -0.15) is 5.26 Å². The van der Waals surface area contributed by atoms with Crippen molar-refractivity contribution in [3.63, 3.8) is 0 Å². The molecule has 0 radical (unpaired) electrons. The SMILES string of the molecule is CCC(C)c1nc(Br)c(CC#N)[nH]1. The van der Waals surface area contributed by atoms with Crippen molar-refractivity contribution in [1.29, 1.82) is 5.26 Å². The summed E-state index contributed by atoms with van der Waals surface area (Å²) in [5, 5.41) is 8.53. The van der Waals surface area contributed by atoms with Crippen LogP contribution in [0.25, 0.3) is 0 Å². The van der Waals surface area contributed by atoms with Gasteiger partial charge < -0.3 is 4.98 Å². The monoisotopic (exact) mass is 241 g/mol. The fraction of sp³-hybridized carbons (Fsp3) is 0.556. The normalized spacial score (nSPS) is 12.5. The van der Waals surface area contributed by atoms with Crippen molar-refractivity contribution >= 4 is 15.9 Å². The lowest BCUT2D eigenvalue weighted by Gasteiger charge is -2.02. The van der Waals surface area contributed by atoms with Crippen LogP contribution < -0.4 is 0 Å². The molecule has 0 aliphatic rings. The van der Waals surface area contributed by atoms with Gasteiger partial charge in [0.2, 0.25) is 0 Å². The van der Waals surface area contributed by atoms with E-state index in [4.69, 9.17) is 5.26 Å². The molecule has 0 aliphatic heterocycles. The molecule has 0 fully saturated rings. The van der Waals surface area contributed by atoms with Crippen molar-refractivity contribution in [3.05, 3.63) is 16.1 Å². The highest BCUT2D eigenvalue weighted by atomic mass is 79.9. The number of aromatic amines is 1. The molecular formula is C9H12BrN3. The van der Waals surface area contributed by atoms with Gasteiger partial charge in [-0.05, 0) is 22.4 Å². The third-order valence-electron chi connectivity index (χ3n) is 2.08. The quantitative estimate of drug-likeness (QED) is 0.885. The van der Waals surface area contributed by atoms with E-state index in [2.05, 4.69) is 45.8 Å². The van der Waals surface area contributed by atoms with Crippen LogP contribution in [0.2, 0.25) is 0 Å². The highest BCUT2D eigenvalue weighted by Crippen LogP contribution is 2.21. The van der Waals surface area contributed by atoms with E-state index in [-0.39, 0.29) is 0 Å². The molecule has 1 unspecified atom stereocenters. The Labute approximate surface area is 86.3 Å². The topological polar surface area (TPSA) is 52.5 Å². The minimum atomic E-state index is 0.379. The number of nitriles is 1. The van der Waals surface area contributed by atoms with Crippen molar-refractivity contribution in [3.8, 4) is 6.07 Å². The number of imidazole rings is 1. The predicted molar refractivity (Wildman–Crippen MR) is 54.3 cm³/mol. The number of hydrogen-bond acceptors (Lipinski definition) is 2. The van der Waals surface area contributed by atoms with Gasteiger partial charge in [0.15, 0.2) is 0 Å². The highest BCUT2D eigenvalue weighted by Gasteiger charge is 2.11. The van der Waals surface area contributed by atoms with E-state index in [0.717, 1.165) is 22.5 Å². The van der Waals surface area contributed by atoms with Crippen LogP contribution in [0.4, 0.5) is 0 Å². The molecule has 0 aliphatic carbocycles. The minimum absolute atomic E-state index is 0.379. The summed E-state index contributed by atoms with van der Waals surface area (Å²) in [6.45, 7) is 4.23. The first-order valence-corrected chi connectivity index (χ1v) is 5.09. The molecular weight excluding hydrogens is 230 g/mol. The molecule has 0 bridgehead atoms. The third-order valence-corrected chi connectivity index (χ3v) is 2.74. The second-order valence-electron chi connectivity index (χ2n) is 3.04. The van der Waals surface area contributed by atoms with Crippen LogP contribution >= 0.6 is 15.9 Å². The predicted octanol–water partition coefficient (Wildman–Crippen LogP) is 2.75. The molecule has 4 heteroatoms. The fourth-order valence-corrected chi connectivity index (χ4v) is 1.46. The Hall–Kier alpha value is -0.820. The Kier molecular flexibility index (Phi) is 3.49. The van der Waals surface area contributed by atoms with Crippen molar-refractivity contribution in [2.75, 3.05) is 0 Å². The number of aromatic nitrogens is 2. The van der Waals surface area contributed by atoms with Crippen LogP contribution in [0.3, 0.4) is 0 Å². The summed E-state index contributed by atoms with van der Waals surface area (Å²) >= 11 is 3.32. The zero-order valence-electron chi connectivity index (χ0n) is 7.76. The Balaban J connectivity index is 2.89. The van der Waals surface area contributed by atoms with Gasteiger partial charge in [-0.15, -0.1) is 0 Å². The number of nitrogens with one attached hydrogen (secondary N) is 1. The maximum Gasteiger partial charge on any atom is 0.128 e. The minimum Gasteiger partial charge on any atom is -0.344 e. The first-order valence-electron chi connectivity index (χ1n) is 4.30. The van der Waals surface area contributed by atoms with Crippen LogP contribution in [0.5, 0.6) is 0 Å². The molecule has 1 atom stereocenters. The zero-order chi connectivity index (χ0) is 9.84. The van der Waals surface area contributed by atoms with Crippen LogP contribution in [-0.4, -0.2) is 9.97 Å². The van der Waals surface area contributed by atoms with Gasteiger partial charge in [0, 0.05) is 5.92 Å². The first kappa shape index (κ1) is 10.3. The molecule has 0 saturated carbocycles. The van der Waals surface area contributed by atoms with Crippen LogP contribution in [0.1, 0.15) is 37.7 Å². The molecule has 3 nitrogen and oxygen atoms in total.